The maximum absolute atomic E-state index is 12.8. The molecule has 1 aromatic carbocycles. The van der Waals surface area contributed by atoms with Gasteiger partial charge in [0.1, 0.15) is 23.1 Å². The van der Waals surface area contributed by atoms with Crippen molar-refractivity contribution in [3.05, 3.63) is 58.9 Å². The number of pyridine rings is 1. The number of rotatable bonds is 3. The summed E-state index contributed by atoms with van der Waals surface area (Å²) in [5.41, 5.74) is 3.80. The summed E-state index contributed by atoms with van der Waals surface area (Å²) < 4.78 is 6.28. The molecule has 0 atom stereocenters. The number of para-hydroxylation sites is 1. The molecule has 0 unspecified atom stereocenters. The molecule has 0 N–H and O–H groups in total. The molecule has 1 aromatic heterocycles. The van der Waals surface area contributed by atoms with Crippen molar-refractivity contribution in [1.82, 2.24) is 14.8 Å². The van der Waals surface area contributed by atoms with Gasteiger partial charge in [0.15, 0.2) is 0 Å². The van der Waals surface area contributed by atoms with E-state index in [-0.39, 0.29) is 11.5 Å². The molecule has 3 aliphatic rings. The summed E-state index contributed by atoms with van der Waals surface area (Å²) in [5.74, 6) is 1.13. The van der Waals surface area contributed by atoms with Gasteiger partial charge in [-0.3, -0.25) is 9.69 Å². The first-order chi connectivity index (χ1) is 15.9. The zero-order valence-electron chi connectivity index (χ0n) is 19.6. The highest BCUT2D eigenvalue weighted by Gasteiger charge is 2.39. The number of aromatic nitrogens is 1. The minimum Gasteiger partial charge on any atom is -0.487 e. The summed E-state index contributed by atoms with van der Waals surface area (Å²) in [5, 5.41) is 8.90. The minimum atomic E-state index is -0.108. The zero-order chi connectivity index (χ0) is 23.1. The number of nitriles is 1. The maximum atomic E-state index is 12.8. The molecule has 0 saturated carbocycles. The lowest BCUT2D eigenvalue weighted by Gasteiger charge is -2.47. The van der Waals surface area contributed by atoms with Crippen molar-refractivity contribution >= 4 is 5.91 Å². The number of hydrogen-bond acceptors (Lipinski definition) is 5. The van der Waals surface area contributed by atoms with Crippen molar-refractivity contribution in [1.29, 1.82) is 5.26 Å². The zero-order valence-corrected chi connectivity index (χ0v) is 19.6. The molecule has 2 aromatic rings. The Kier molecular flexibility index (Phi) is 5.62. The smallest absolute Gasteiger partial charge is 0.255 e. The molecule has 5 rings (SSSR count). The first-order valence-electron chi connectivity index (χ1n) is 12.0. The van der Waals surface area contributed by atoms with E-state index in [4.69, 9.17) is 10.00 Å². The lowest BCUT2D eigenvalue weighted by molar-refractivity contribution is 0.0282. The molecule has 172 valence electrons. The number of fused-ring (bicyclic) bond motifs is 1. The Morgan fingerprint density at radius 1 is 1.09 bits per heavy atom. The lowest BCUT2D eigenvalue weighted by Crippen LogP contribution is -2.48. The van der Waals surface area contributed by atoms with Crippen molar-refractivity contribution in [2.75, 3.05) is 26.2 Å². The van der Waals surface area contributed by atoms with Gasteiger partial charge < -0.3 is 9.64 Å². The van der Waals surface area contributed by atoms with Crippen LogP contribution in [0.15, 0.2) is 36.5 Å². The van der Waals surface area contributed by atoms with Crippen LogP contribution in [0.4, 0.5) is 0 Å². The standard InChI is InChI=1S/C27H32N4O2/c1-26(2)16-20-4-3-5-22(24(20)33-26)19-30-12-8-27(9-13-30)10-14-31(15-11-27)25(32)21-6-7-23(17-28)29-18-21/h3-7,18H,8-16,19H2,1-2H3. The average molecular weight is 445 g/mol. The highest BCUT2D eigenvalue weighted by Crippen LogP contribution is 2.43. The number of ether oxygens (including phenoxy) is 1. The van der Waals surface area contributed by atoms with Crippen LogP contribution in [-0.2, 0) is 13.0 Å². The van der Waals surface area contributed by atoms with E-state index >= 15 is 0 Å². The predicted molar refractivity (Wildman–Crippen MR) is 126 cm³/mol. The second-order valence-electron chi connectivity index (χ2n) is 10.6. The topological polar surface area (TPSA) is 69.5 Å². The van der Waals surface area contributed by atoms with Gasteiger partial charge in [0, 0.05) is 37.8 Å². The van der Waals surface area contributed by atoms with Crippen LogP contribution in [0.25, 0.3) is 0 Å². The van der Waals surface area contributed by atoms with E-state index in [0.29, 0.717) is 16.7 Å². The molecule has 2 saturated heterocycles. The first-order valence-corrected chi connectivity index (χ1v) is 12.0. The number of carbonyl (C=O) groups excluding carboxylic acids is 1. The fourth-order valence-corrected chi connectivity index (χ4v) is 5.68. The van der Waals surface area contributed by atoms with Gasteiger partial charge in [-0.1, -0.05) is 18.2 Å². The molecule has 0 aliphatic carbocycles. The van der Waals surface area contributed by atoms with Crippen LogP contribution < -0.4 is 4.74 Å². The maximum Gasteiger partial charge on any atom is 0.255 e. The van der Waals surface area contributed by atoms with Crippen LogP contribution in [0.1, 0.15) is 66.7 Å². The van der Waals surface area contributed by atoms with Crippen molar-refractivity contribution in [3.8, 4) is 11.8 Å². The molecule has 4 heterocycles. The van der Waals surface area contributed by atoms with Gasteiger partial charge in [-0.25, -0.2) is 4.98 Å². The predicted octanol–water partition coefficient (Wildman–Crippen LogP) is 4.19. The molecular formula is C27H32N4O2. The number of amides is 1. The van der Waals surface area contributed by atoms with Gasteiger partial charge in [0.2, 0.25) is 0 Å². The highest BCUT2D eigenvalue weighted by molar-refractivity contribution is 5.94. The van der Waals surface area contributed by atoms with Crippen molar-refractivity contribution in [2.45, 2.75) is 58.1 Å². The third-order valence-electron chi connectivity index (χ3n) is 7.72. The fourth-order valence-electron chi connectivity index (χ4n) is 5.68. The van der Waals surface area contributed by atoms with Crippen LogP contribution >= 0.6 is 0 Å². The molecule has 0 radical (unpaired) electrons. The Labute approximate surface area is 196 Å². The van der Waals surface area contributed by atoms with Crippen LogP contribution in [-0.4, -0.2) is 52.5 Å². The van der Waals surface area contributed by atoms with E-state index in [1.807, 2.05) is 11.0 Å². The number of likely N-dealkylation sites (tertiary alicyclic amines) is 2. The first kappa shape index (κ1) is 21.9. The summed E-state index contributed by atoms with van der Waals surface area (Å²) in [6.07, 6.45) is 7.01. The quantitative estimate of drug-likeness (QED) is 0.710. The molecule has 1 spiro atoms. The van der Waals surface area contributed by atoms with Crippen LogP contribution in [0.3, 0.4) is 0 Å². The van der Waals surface area contributed by atoms with Crippen LogP contribution in [0, 0.1) is 16.7 Å². The number of hydrogen-bond donors (Lipinski definition) is 0. The number of carbonyl (C=O) groups is 1. The normalized spacial score (nSPS) is 21.3. The van der Waals surface area contributed by atoms with E-state index in [1.54, 1.807) is 12.1 Å². The van der Waals surface area contributed by atoms with Crippen molar-refractivity contribution in [3.63, 3.8) is 0 Å². The summed E-state index contributed by atoms with van der Waals surface area (Å²) in [4.78, 5) is 21.4. The van der Waals surface area contributed by atoms with E-state index in [9.17, 15) is 4.79 Å². The molecular weight excluding hydrogens is 412 g/mol. The number of piperidine rings is 2. The van der Waals surface area contributed by atoms with Gasteiger partial charge in [-0.05, 0) is 75.7 Å². The highest BCUT2D eigenvalue weighted by atomic mass is 16.5. The SMILES string of the molecule is CC1(C)Cc2cccc(CN3CCC4(CC3)CCN(C(=O)c3ccc(C#N)nc3)CC4)c2O1. The number of nitrogens with zero attached hydrogens (tertiary/aromatic N) is 4. The summed E-state index contributed by atoms with van der Waals surface area (Å²) in [6.45, 7) is 9.07. The molecule has 2 fully saturated rings. The lowest BCUT2D eigenvalue weighted by atomic mass is 9.71. The Morgan fingerprint density at radius 2 is 1.82 bits per heavy atom. The van der Waals surface area contributed by atoms with Crippen molar-refractivity contribution in [2.24, 2.45) is 5.41 Å². The van der Waals surface area contributed by atoms with Gasteiger partial charge in [0.25, 0.3) is 5.91 Å². The second kappa shape index (κ2) is 8.46. The Hall–Kier alpha value is -2.91. The molecule has 1 amide bonds. The molecule has 0 bridgehead atoms. The third-order valence-corrected chi connectivity index (χ3v) is 7.72. The molecule has 3 aliphatic heterocycles. The minimum absolute atomic E-state index is 0.0279. The van der Waals surface area contributed by atoms with Gasteiger partial charge in [-0.2, -0.15) is 5.26 Å². The Bertz CT molecular complexity index is 1070. The summed E-state index contributed by atoms with van der Waals surface area (Å²) in [6, 6.07) is 11.9. The van der Waals surface area contributed by atoms with Gasteiger partial charge >= 0.3 is 0 Å². The molecule has 6 heteroatoms. The monoisotopic (exact) mass is 444 g/mol. The van der Waals surface area contributed by atoms with Crippen LogP contribution in [0.5, 0.6) is 5.75 Å². The van der Waals surface area contributed by atoms with E-state index in [0.717, 1.165) is 57.7 Å². The van der Waals surface area contributed by atoms with E-state index in [2.05, 4.69) is 41.9 Å². The summed E-state index contributed by atoms with van der Waals surface area (Å²) in [7, 11) is 0. The third kappa shape index (κ3) is 4.47. The molecule has 33 heavy (non-hydrogen) atoms. The fraction of sp³-hybridized carbons (Fsp3) is 0.519. The van der Waals surface area contributed by atoms with Gasteiger partial charge in [-0.15, -0.1) is 0 Å². The molecule has 6 nitrogen and oxygen atoms in total. The van der Waals surface area contributed by atoms with E-state index < -0.39 is 0 Å². The Morgan fingerprint density at radius 3 is 2.48 bits per heavy atom. The van der Waals surface area contributed by atoms with Crippen molar-refractivity contribution < 1.29 is 9.53 Å². The average Bonchev–Trinajstić information content (AvgIpc) is 3.16. The second-order valence-corrected chi connectivity index (χ2v) is 10.6. The largest absolute Gasteiger partial charge is 0.487 e. The van der Waals surface area contributed by atoms with E-state index in [1.165, 1.54) is 30.2 Å². The number of benzene rings is 1. The van der Waals surface area contributed by atoms with Gasteiger partial charge in [0.05, 0.1) is 5.56 Å². The van der Waals surface area contributed by atoms with Crippen LogP contribution in [0.2, 0.25) is 0 Å². The Balaban J connectivity index is 1.15. The summed E-state index contributed by atoms with van der Waals surface area (Å²) >= 11 is 0.